The maximum absolute atomic E-state index is 13.3. The van der Waals surface area contributed by atoms with Crippen LogP contribution in [-0.2, 0) is 14.3 Å². The Kier molecular flexibility index (Phi) is 5.70. The van der Waals surface area contributed by atoms with Crippen LogP contribution in [0, 0.1) is 28.6 Å². The average molecular weight is 497 g/mol. The summed E-state index contributed by atoms with van der Waals surface area (Å²) >= 11 is 6.71. The van der Waals surface area contributed by atoms with E-state index < -0.39 is 40.9 Å². The zero-order valence-corrected chi connectivity index (χ0v) is 20.5. The third-order valence-corrected chi connectivity index (χ3v) is 9.42. The molecule has 35 heavy (non-hydrogen) atoms. The molecule has 184 valence electrons. The zero-order chi connectivity index (χ0) is 25.2. The highest BCUT2D eigenvalue weighted by Crippen LogP contribution is 2.67. The van der Waals surface area contributed by atoms with Gasteiger partial charge in [0.1, 0.15) is 6.61 Å². The molecule has 0 saturated heterocycles. The molecule has 7 heteroatoms. The second-order valence-corrected chi connectivity index (χ2v) is 11.1. The molecule has 4 aliphatic rings. The zero-order valence-electron chi connectivity index (χ0n) is 19.7. The van der Waals surface area contributed by atoms with Crippen LogP contribution in [0.5, 0.6) is 0 Å². The topological polar surface area (TPSA) is 101 Å². The maximum Gasteiger partial charge on any atom is 0.339 e. The number of aliphatic hydroxyl groups excluding tert-OH is 2. The summed E-state index contributed by atoms with van der Waals surface area (Å²) in [5.74, 6) is -1.93. The van der Waals surface area contributed by atoms with Crippen LogP contribution in [0.15, 0.2) is 65.2 Å². The molecule has 7 atom stereocenters. The molecule has 6 nitrogen and oxygen atoms in total. The Morgan fingerprint density at radius 3 is 2.60 bits per heavy atom. The fourth-order valence-electron chi connectivity index (χ4n) is 7.45. The summed E-state index contributed by atoms with van der Waals surface area (Å²) in [5, 5.41) is 22.0. The summed E-state index contributed by atoms with van der Waals surface area (Å²) in [6, 6.07) is 8.46. The first-order valence-electron chi connectivity index (χ1n) is 12.0. The molecule has 0 unspecified atom stereocenters. The van der Waals surface area contributed by atoms with Crippen molar-refractivity contribution in [3.8, 4) is 0 Å². The van der Waals surface area contributed by atoms with Crippen LogP contribution in [0.3, 0.4) is 0 Å². The average Bonchev–Trinajstić information content (AvgIpc) is 3.12. The standard InChI is InChI=1S/C28H29ClO6/c1-26-10-8-17(31)12-20(26)21(29)13-18-19-9-11-28(23(33)15-30,27(19,2)14-22(32)24(18)26)35-25(34)16-6-4-3-5-7-16/h3-8,10,12-13,18-19,22,24,30,32H,9,11,14-15H2,1-2H3/t18-,19-,22-,24+,26-,27-,28-/m0/s1. The number of hydrogen-bond acceptors (Lipinski definition) is 6. The molecule has 0 heterocycles. The minimum absolute atomic E-state index is 0.131. The number of carbonyl (C=O) groups excluding carboxylic acids is 3. The van der Waals surface area contributed by atoms with Crippen LogP contribution < -0.4 is 0 Å². The quantitative estimate of drug-likeness (QED) is 0.615. The van der Waals surface area contributed by atoms with Gasteiger partial charge in [0.15, 0.2) is 11.4 Å². The predicted molar refractivity (Wildman–Crippen MR) is 129 cm³/mol. The van der Waals surface area contributed by atoms with Gasteiger partial charge in [-0.3, -0.25) is 9.59 Å². The lowest BCUT2D eigenvalue weighted by Crippen LogP contribution is -2.62. The molecule has 2 saturated carbocycles. The van der Waals surface area contributed by atoms with E-state index >= 15 is 0 Å². The number of ketones is 2. The smallest absolute Gasteiger partial charge is 0.339 e. The SMILES string of the molecule is C[C@]12C=CC(=O)C=C1C(Cl)=C[C@@H]1[C@@H]2[C@@H](O)C[C@@]2(C)[C@H]1CC[C@]2(OC(=O)c1ccccc1)C(=O)CO. The Morgan fingerprint density at radius 1 is 1.20 bits per heavy atom. The van der Waals surface area contributed by atoms with Crippen molar-refractivity contribution in [2.24, 2.45) is 28.6 Å². The first-order chi connectivity index (χ1) is 16.6. The summed E-state index contributed by atoms with van der Waals surface area (Å²) in [6.07, 6.45) is 6.96. The van der Waals surface area contributed by atoms with Crippen molar-refractivity contribution >= 4 is 29.1 Å². The lowest BCUT2D eigenvalue weighted by Gasteiger charge is -2.58. The van der Waals surface area contributed by atoms with Crippen LogP contribution in [-0.4, -0.2) is 46.1 Å². The molecule has 2 fully saturated rings. The summed E-state index contributed by atoms with van der Waals surface area (Å²) in [7, 11) is 0. The number of ether oxygens (including phenoxy) is 1. The van der Waals surface area contributed by atoms with Gasteiger partial charge in [-0.25, -0.2) is 4.79 Å². The molecule has 0 spiro atoms. The Balaban J connectivity index is 1.59. The largest absolute Gasteiger partial charge is 0.447 e. The van der Waals surface area contributed by atoms with Crippen molar-refractivity contribution < 1.29 is 29.3 Å². The van der Waals surface area contributed by atoms with Gasteiger partial charge in [-0.05, 0) is 61.0 Å². The fraction of sp³-hybridized carbons (Fsp3) is 0.464. The van der Waals surface area contributed by atoms with Crippen LogP contribution in [0.4, 0.5) is 0 Å². The van der Waals surface area contributed by atoms with E-state index in [-0.39, 0.29) is 36.4 Å². The van der Waals surface area contributed by atoms with Gasteiger partial charge in [0, 0.05) is 21.8 Å². The molecule has 1 aromatic rings. The molecule has 5 rings (SSSR count). The molecular weight excluding hydrogens is 468 g/mol. The first kappa shape index (κ1) is 24.2. The van der Waals surface area contributed by atoms with Crippen molar-refractivity contribution in [1.82, 2.24) is 0 Å². The molecule has 1 aromatic carbocycles. The number of Topliss-reactive ketones (excluding diaryl/α,β-unsaturated/α-hetero) is 1. The Labute approximate surface area is 209 Å². The van der Waals surface area contributed by atoms with Gasteiger partial charge < -0.3 is 14.9 Å². The van der Waals surface area contributed by atoms with Crippen molar-refractivity contribution in [3.05, 3.63) is 70.8 Å². The summed E-state index contributed by atoms with van der Waals surface area (Å²) in [6.45, 7) is 3.10. The van der Waals surface area contributed by atoms with E-state index in [1.807, 2.05) is 26.0 Å². The molecule has 0 radical (unpaired) electrons. The van der Waals surface area contributed by atoms with Gasteiger partial charge in [0.05, 0.1) is 11.7 Å². The summed E-state index contributed by atoms with van der Waals surface area (Å²) in [5.41, 5.74) is -2.11. The minimum atomic E-state index is -1.57. The van der Waals surface area contributed by atoms with Gasteiger partial charge in [0.2, 0.25) is 5.78 Å². The molecule has 0 aliphatic heterocycles. The third-order valence-electron chi connectivity index (χ3n) is 9.10. The van der Waals surface area contributed by atoms with Gasteiger partial charge in [-0.15, -0.1) is 0 Å². The summed E-state index contributed by atoms with van der Waals surface area (Å²) in [4.78, 5) is 38.5. The third kappa shape index (κ3) is 3.34. The first-order valence-corrected chi connectivity index (χ1v) is 12.4. The van der Waals surface area contributed by atoms with Crippen molar-refractivity contribution in [3.63, 3.8) is 0 Å². The molecular formula is C28H29ClO6. The second-order valence-electron chi connectivity index (χ2n) is 10.7. The van der Waals surface area contributed by atoms with Gasteiger partial charge in [0.25, 0.3) is 0 Å². The van der Waals surface area contributed by atoms with E-state index in [2.05, 4.69) is 0 Å². The fourth-order valence-corrected chi connectivity index (χ4v) is 7.86. The van der Waals surface area contributed by atoms with E-state index in [9.17, 15) is 24.6 Å². The Bertz CT molecular complexity index is 1190. The van der Waals surface area contributed by atoms with Crippen LogP contribution in [0.1, 0.15) is 43.5 Å². The molecule has 0 aromatic heterocycles. The Hall–Kier alpha value is -2.54. The van der Waals surface area contributed by atoms with Gasteiger partial charge in [-0.2, -0.15) is 0 Å². The highest BCUT2D eigenvalue weighted by Gasteiger charge is 2.70. The molecule has 2 N–H and O–H groups in total. The normalized spacial score (nSPS) is 39.6. The number of carbonyl (C=O) groups is 3. The highest BCUT2D eigenvalue weighted by atomic mass is 35.5. The lowest BCUT2D eigenvalue weighted by molar-refractivity contribution is -0.173. The Morgan fingerprint density at radius 2 is 1.91 bits per heavy atom. The van der Waals surface area contributed by atoms with E-state index in [1.165, 1.54) is 12.2 Å². The monoisotopic (exact) mass is 496 g/mol. The number of allylic oxidation sites excluding steroid dienone is 6. The van der Waals surface area contributed by atoms with Crippen LogP contribution in [0.2, 0.25) is 0 Å². The van der Waals surface area contributed by atoms with E-state index in [0.29, 0.717) is 22.6 Å². The summed E-state index contributed by atoms with van der Waals surface area (Å²) < 4.78 is 6.03. The number of halogens is 1. The van der Waals surface area contributed by atoms with Crippen LogP contribution in [0.25, 0.3) is 0 Å². The molecule has 0 amide bonds. The number of hydrogen-bond donors (Lipinski definition) is 2. The lowest BCUT2D eigenvalue weighted by atomic mass is 9.47. The second kappa shape index (κ2) is 8.26. The number of fused-ring (bicyclic) bond motifs is 5. The van der Waals surface area contributed by atoms with E-state index in [1.54, 1.807) is 30.3 Å². The maximum atomic E-state index is 13.3. The number of esters is 1. The number of benzene rings is 1. The van der Waals surface area contributed by atoms with Gasteiger partial charge >= 0.3 is 5.97 Å². The molecule has 4 aliphatic carbocycles. The number of aliphatic hydroxyl groups is 2. The van der Waals surface area contributed by atoms with Crippen molar-refractivity contribution in [2.45, 2.75) is 44.8 Å². The van der Waals surface area contributed by atoms with Crippen LogP contribution >= 0.6 is 11.6 Å². The van der Waals surface area contributed by atoms with E-state index in [4.69, 9.17) is 16.3 Å². The van der Waals surface area contributed by atoms with Crippen molar-refractivity contribution in [2.75, 3.05) is 6.61 Å². The van der Waals surface area contributed by atoms with Crippen molar-refractivity contribution in [1.29, 1.82) is 0 Å². The highest BCUT2D eigenvalue weighted by molar-refractivity contribution is 6.32. The minimum Gasteiger partial charge on any atom is -0.447 e. The number of rotatable bonds is 4. The molecule has 0 bridgehead atoms. The predicted octanol–water partition coefficient (Wildman–Crippen LogP) is 3.76. The van der Waals surface area contributed by atoms with Gasteiger partial charge in [-0.1, -0.05) is 55.8 Å². The van der Waals surface area contributed by atoms with E-state index in [0.717, 1.165) is 0 Å².